The van der Waals surface area contributed by atoms with Gasteiger partial charge < -0.3 is 15.4 Å². The molecule has 1 amide bonds. The number of nitro groups is 1. The van der Waals surface area contributed by atoms with E-state index in [2.05, 4.69) is 5.10 Å². The summed E-state index contributed by atoms with van der Waals surface area (Å²) in [4.78, 5) is 23.8. The fourth-order valence-corrected chi connectivity index (χ4v) is 2.35. The molecule has 0 aliphatic carbocycles. The van der Waals surface area contributed by atoms with Crippen molar-refractivity contribution in [2.24, 2.45) is 12.8 Å². The Bertz CT molecular complexity index is 541. The monoisotopic (exact) mass is 283 g/mol. The van der Waals surface area contributed by atoms with Crippen LogP contribution in [-0.4, -0.2) is 46.4 Å². The van der Waals surface area contributed by atoms with Gasteiger partial charge in [0.15, 0.2) is 6.10 Å². The molecule has 0 bridgehead atoms. The van der Waals surface area contributed by atoms with Gasteiger partial charge in [-0.1, -0.05) is 6.92 Å². The molecule has 20 heavy (non-hydrogen) atoms. The molecule has 2 rings (SSSR count). The van der Waals surface area contributed by atoms with Crippen molar-refractivity contribution in [3.63, 3.8) is 0 Å². The molecule has 1 fully saturated rings. The molecule has 9 heteroatoms. The van der Waals surface area contributed by atoms with Crippen LogP contribution in [0.15, 0.2) is 0 Å². The average molecular weight is 283 g/mol. The number of hydrogen-bond donors (Lipinski definition) is 1. The van der Waals surface area contributed by atoms with E-state index in [4.69, 9.17) is 10.5 Å². The molecule has 110 valence electrons. The molecule has 2 heterocycles. The Balaban J connectivity index is 2.39. The lowest BCUT2D eigenvalue weighted by molar-refractivity contribution is -0.384. The first-order valence-electron chi connectivity index (χ1n) is 6.31. The Morgan fingerprint density at radius 3 is 2.90 bits per heavy atom. The van der Waals surface area contributed by atoms with Crippen molar-refractivity contribution in [2.75, 3.05) is 24.6 Å². The quantitative estimate of drug-likeness (QED) is 0.592. The number of amides is 1. The predicted molar refractivity (Wildman–Crippen MR) is 70.4 cm³/mol. The van der Waals surface area contributed by atoms with Crippen molar-refractivity contribution < 1.29 is 14.5 Å². The first-order valence-corrected chi connectivity index (χ1v) is 6.31. The largest absolute Gasteiger partial charge is 0.367 e. The average Bonchev–Trinajstić information content (AvgIpc) is 2.75. The molecular formula is C11H17N5O4. The van der Waals surface area contributed by atoms with Crippen LogP contribution in [0.25, 0.3) is 0 Å². The molecule has 1 aliphatic rings. The van der Waals surface area contributed by atoms with E-state index in [9.17, 15) is 14.9 Å². The maximum atomic E-state index is 11.3. The number of nitrogens with two attached hydrogens (primary N) is 1. The number of aryl methyl sites for hydroxylation is 2. The van der Waals surface area contributed by atoms with Gasteiger partial charge in [-0.25, -0.2) is 4.68 Å². The summed E-state index contributed by atoms with van der Waals surface area (Å²) in [6.45, 7) is 2.74. The summed E-state index contributed by atoms with van der Waals surface area (Å²) >= 11 is 0. The fraction of sp³-hybridized carbons (Fsp3) is 0.636. The van der Waals surface area contributed by atoms with Crippen LogP contribution < -0.4 is 10.6 Å². The Hall–Kier alpha value is -2.16. The Labute approximate surface area is 115 Å². The van der Waals surface area contributed by atoms with Gasteiger partial charge in [0, 0.05) is 13.6 Å². The number of carbonyl (C=O) groups excluding carboxylic acids is 1. The van der Waals surface area contributed by atoms with E-state index in [0.717, 1.165) is 0 Å². The molecule has 1 saturated heterocycles. The molecular weight excluding hydrogens is 266 g/mol. The van der Waals surface area contributed by atoms with Crippen molar-refractivity contribution in [1.29, 1.82) is 0 Å². The van der Waals surface area contributed by atoms with E-state index < -0.39 is 16.9 Å². The summed E-state index contributed by atoms with van der Waals surface area (Å²) in [5.74, 6) is -0.184. The van der Waals surface area contributed by atoms with Crippen LogP contribution in [-0.2, 0) is 23.0 Å². The molecule has 0 aromatic carbocycles. The van der Waals surface area contributed by atoms with Crippen molar-refractivity contribution >= 4 is 17.4 Å². The van der Waals surface area contributed by atoms with Crippen LogP contribution >= 0.6 is 0 Å². The standard InChI is InChI=1S/C11H17N5O4/c1-3-7-9(16(18)19)11(14(2)13-7)15-4-5-20-8(6-15)10(12)17/h8H,3-6H2,1-2H3,(H2,12,17). The summed E-state index contributed by atoms with van der Waals surface area (Å²) in [6, 6.07) is 0. The van der Waals surface area contributed by atoms with E-state index in [-0.39, 0.29) is 18.8 Å². The van der Waals surface area contributed by atoms with E-state index in [0.29, 0.717) is 24.5 Å². The lowest BCUT2D eigenvalue weighted by Crippen LogP contribution is -2.49. The van der Waals surface area contributed by atoms with Crippen molar-refractivity contribution in [1.82, 2.24) is 9.78 Å². The Morgan fingerprint density at radius 2 is 2.35 bits per heavy atom. The minimum atomic E-state index is -0.761. The molecule has 2 N–H and O–H groups in total. The summed E-state index contributed by atoms with van der Waals surface area (Å²) in [5, 5.41) is 15.4. The van der Waals surface area contributed by atoms with Crippen molar-refractivity contribution in [3.05, 3.63) is 15.8 Å². The van der Waals surface area contributed by atoms with Crippen LogP contribution in [0.5, 0.6) is 0 Å². The van der Waals surface area contributed by atoms with Gasteiger partial charge >= 0.3 is 5.69 Å². The van der Waals surface area contributed by atoms with Crippen molar-refractivity contribution in [3.8, 4) is 0 Å². The number of aromatic nitrogens is 2. The van der Waals surface area contributed by atoms with Gasteiger partial charge in [-0.3, -0.25) is 14.9 Å². The first kappa shape index (κ1) is 14.3. The van der Waals surface area contributed by atoms with Gasteiger partial charge in [0.2, 0.25) is 11.7 Å². The van der Waals surface area contributed by atoms with Gasteiger partial charge in [0.25, 0.3) is 0 Å². The number of anilines is 1. The second-order valence-electron chi connectivity index (χ2n) is 4.56. The molecule has 1 unspecified atom stereocenters. The minimum Gasteiger partial charge on any atom is -0.367 e. The molecule has 0 radical (unpaired) electrons. The third-order valence-corrected chi connectivity index (χ3v) is 3.26. The van der Waals surface area contributed by atoms with Crippen LogP contribution in [0.4, 0.5) is 11.5 Å². The fourth-order valence-electron chi connectivity index (χ4n) is 2.35. The molecule has 0 spiro atoms. The zero-order chi connectivity index (χ0) is 14.9. The van der Waals surface area contributed by atoms with Gasteiger partial charge in [0.1, 0.15) is 5.69 Å². The summed E-state index contributed by atoms with van der Waals surface area (Å²) in [5.41, 5.74) is 5.64. The van der Waals surface area contributed by atoms with E-state index in [1.54, 1.807) is 11.9 Å². The third-order valence-electron chi connectivity index (χ3n) is 3.26. The number of primary amides is 1. The minimum absolute atomic E-state index is 0.0138. The number of nitrogens with zero attached hydrogens (tertiary/aromatic N) is 4. The lowest BCUT2D eigenvalue weighted by Gasteiger charge is -2.32. The van der Waals surface area contributed by atoms with Gasteiger partial charge in [0.05, 0.1) is 18.1 Å². The smallest absolute Gasteiger partial charge is 0.334 e. The second kappa shape index (κ2) is 5.45. The number of rotatable bonds is 4. The molecule has 1 aromatic rings. The maximum Gasteiger partial charge on any atom is 0.334 e. The molecule has 0 saturated carbocycles. The normalized spacial score (nSPS) is 19.1. The van der Waals surface area contributed by atoms with Crippen LogP contribution in [0.2, 0.25) is 0 Å². The molecule has 1 aliphatic heterocycles. The van der Waals surface area contributed by atoms with Crippen LogP contribution in [0.3, 0.4) is 0 Å². The van der Waals surface area contributed by atoms with E-state index >= 15 is 0 Å². The highest BCUT2D eigenvalue weighted by atomic mass is 16.6. The van der Waals surface area contributed by atoms with Crippen molar-refractivity contribution in [2.45, 2.75) is 19.4 Å². The number of hydrogen-bond acceptors (Lipinski definition) is 6. The zero-order valence-corrected chi connectivity index (χ0v) is 11.4. The summed E-state index contributed by atoms with van der Waals surface area (Å²) in [6.07, 6.45) is -0.295. The second-order valence-corrected chi connectivity index (χ2v) is 4.56. The highest BCUT2D eigenvalue weighted by molar-refractivity contribution is 5.80. The lowest BCUT2D eigenvalue weighted by atomic mass is 10.2. The number of ether oxygens (including phenoxy) is 1. The first-order chi connectivity index (χ1) is 9.45. The zero-order valence-electron chi connectivity index (χ0n) is 11.4. The molecule has 9 nitrogen and oxygen atoms in total. The topological polar surface area (TPSA) is 117 Å². The summed E-state index contributed by atoms with van der Waals surface area (Å²) < 4.78 is 6.72. The SMILES string of the molecule is CCc1nn(C)c(N2CCOC(C(N)=O)C2)c1[N+](=O)[O-]. The summed E-state index contributed by atoms with van der Waals surface area (Å²) in [7, 11) is 1.65. The van der Waals surface area contributed by atoms with Gasteiger partial charge in [-0.05, 0) is 6.42 Å². The third kappa shape index (κ3) is 2.44. The maximum absolute atomic E-state index is 11.3. The molecule has 1 atom stereocenters. The number of morpholine rings is 1. The highest BCUT2D eigenvalue weighted by Crippen LogP contribution is 2.32. The van der Waals surface area contributed by atoms with Gasteiger partial charge in [-0.2, -0.15) is 5.10 Å². The van der Waals surface area contributed by atoms with Crippen LogP contribution in [0, 0.1) is 10.1 Å². The van der Waals surface area contributed by atoms with Crippen LogP contribution in [0.1, 0.15) is 12.6 Å². The predicted octanol–water partition coefficient (Wildman–Crippen LogP) is -0.419. The highest BCUT2D eigenvalue weighted by Gasteiger charge is 2.34. The Morgan fingerprint density at radius 1 is 1.65 bits per heavy atom. The molecule has 1 aromatic heterocycles. The van der Waals surface area contributed by atoms with E-state index in [1.807, 2.05) is 6.92 Å². The van der Waals surface area contributed by atoms with Gasteiger partial charge in [-0.15, -0.1) is 0 Å². The van der Waals surface area contributed by atoms with E-state index in [1.165, 1.54) is 4.68 Å². The Kier molecular flexibility index (Phi) is 3.89. The number of carbonyl (C=O) groups is 1.